The summed E-state index contributed by atoms with van der Waals surface area (Å²) in [6.07, 6.45) is 4.49. The van der Waals surface area contributed by atoms with E-state index in [1.807, 2.05) is 0 Å². The Morgan fingerprint density at radius 1 is 1.04 bits per heavy atom. The largest absolute Gasteiger partial charge is 0.505 e. The fraction of sp³-hybridized carbons (Fsp3) is 0.613. The molecule has 6 atom stereocenters. The molecular weight excluding hydrogens is 586 g/mol. The van der Waals surface area contributed by atoms with Gasteiger partial charge in [-0.2, -0.15) is 5.06 Å². The van der Waals surface area contributed by atoms with Crippen LogP contribution in [0, 0.1) is 23.7 Å². The second kappa shape index (κ2) is 11.9. The lowest BCUT2D eigenvalue weighted by atomic mass is 9.52. The molecule has 0 saturated heterocycles. The van der Waals surface area contributed by atoms with Gasteiger partial charge >= 0.3 is 0 Å². The van der Waals surface area contributed by atoms with Gasteiger partial charge in [-0.1, -0.05) is 19.3 Å². The lowest BCUT2D eigenvalue weighted by Gasteiger charge is -2.52. The molecule has 5 rings (SSSR count). The summed E-state index contributed by atoms with van der Waals surface area (Å²) >= 11 is 0. The number of rotatable bonds is 7. The van der Waals surface area contributed by atoms with Crippen LogP contribution in [0.1, 0.15) is 54.4 Å². The van der Waals surface area contributed by atoms with Crippen LogP contribution in [0.15, 0.2) is 6.07 Å². The minimum absolute atomic E-state index is 0.0660. The molecule has 0 spiro atoms. The van der Waals surface area contributed by atoms with Gasteiger partial charge in [-0.15, -0.1) is 0 Å². The van der Waals surface area contributed by atoms with Crippen molar-refractivity contribution in [2.45, 2.75) is 62.6 Å². The van der Waals surface area contributed by atoms with E-state index in [9.17, 15) is 44.2 Å². The van der Waals surface area contributed by atoms with Crippen molar-refractivity contribution in [2.75, 3.05) is 45.0 Å². The van der Waals surface area contributed by atoms with E-state index in [-0.39, 0.29) is 36.7 Å². The van der Waals surface area contributed by atoms with Crippen molar-refractivity contribution >= 4 is 46.3 Å². The van der Waals surface area contributed by atoms with Crippen LogP contribution in [0.4, 0.5) is 11.4 Å². The number of phenols is 1. The molecule has 3 saturated carbocycles. The fourth-order valence-electron chi connectivity index (χ4n) is 7.99. The molecular formula is C31H41N5O9. The number of phenolic OH excluding ortho intramolecular Hbond substituents is 1. The number of anilines is 2. The highest BCUT2D eigenvalue weighted by Gasteiger charge is 2.69. The van der Waals surface area contributed by atoms with E-state index >= 15 is 0 Å². The Morgan fingerprint density at radius 2 is 1.69 bits per heavy atom. The number of aromatic hydroxyl groups is 1. The number of primary amides is 1. The molecule has 3 fully saturated rings. The van der Waals surface area contributed by atoms with Gasteiger partial charge < -0.3 is 31.4 Å². The van der Waals surface area contributed by atoms with Crippen LogP contribution in [-0.2, 0) is 30.4 Å². The van der Waals surface area contributed by atoms with Crippen LogP contribution >= 0.6 is 0 Å². The number of nitrogens with zero attached hydrogens (tertiary/aromatic N) is 3. The molecule has 4 aliphatic rings. The number of carbonyl (C=O) groups excluding carboxylic acids is 6. The number of hydrogen-bond donors (Lipinski definition) is 5. The maximum absolute atomic E-state index is 14.1. The first kappa shape index (κ1) is 32.7. The predicted octanol–water partition coefficient (Wildman–Crippen LogP) is -0.105. The van der Waals surface area contributed by atoms with Crippen molar-refractivity contribution < 1.29 is 44.2 Å². The van der Waals surface area contributed by atoms with Gasteiger partial charge in [-0.05, 0) is 57.3 Å². The van der Waals surface area contributed by atoms with E-state index < -0.39 is 76.0 Å². The number of fused-ring (bicyclic) bond motifs is 3. The molecule has 0 radical (unpaired) electrons. The molecule has 244 valence electrons. The van der Waals surface area contributed by atoms with Gasteiger partial charge in [0, 0.05) is 31.7 Å². The van der Waals surface area contributed by atoms with Crippen LogP contribution in [0.25, 0.3) is 0 Å². The molecule has 14 nitrogen and oxygen atoms in total. The summed E-state index contributed by atoms with van der Waals surface area (Å²) in [5, 5.41) is 37.2. The molecule has 6 N–H and O–H groups in total. The number of hydrogen-bond acceptors (Lipinski definition) is 12. The summed E-state index contributed by atoms with van der Waals surface area (Å²) in [6, 6.07) is 0.158. The van der Waals surface area contributed by atoms with Gasteiger partial charge in [0.15, 0.2) is 34.7 Å². The highest BCUT2D eigenvalue weighted by molar-refractivity contribution is 6.32. The highest BCUT2D eigenvalue weighted by atomic mass is 16.5. The maximum atomic E-state index is 14.1. The van der Waals surface area contributed by atoms with Crippen molar-refractivity contribution in [1.82, 2.24) is 9.96 Å². The van der Waals surface area contributed by atoms with E-state index in [2.05, 4.69) is 5.32 Å². The monoisotopic (exact) mass is 627 g/mol. The number of amides is 2. The Hall–Kier alpha value is -3.72. The van der Waals surface area contributed by atoms with Crippen LogP contribution in [0.2, 0.25) is 0 Å². The zero-order valence-electron chi connectivity index (χ0n) is 25.9. The summed E-state index contributed by atoms with van der Waals surface area (Å²) in [6.45, 7) is -0.362. The molecule has 0 aliphatic heterocycles. The topological polar surface area (TPSA) is 211 Å². The molecule has 1 aromatic rings. The van der Waals surface area contributed by atoms with E-state index in [1.54, 1.807) is 19.0 Å². The number of ketones is 4. The van der Waals surface area contributed by atoms with E-state index in [1.165, 1.54) is 25.1 Å². The molecule has 1 aromatic carbocycles. The van der Waals surface area contributed by atoms with Gasteiger partial charge in [0.25, 0.3) is 0 Å². The Morgan fingerprint density at radius 3 is 2.27 bits per heavy atom. The van der Waals surface area contributed by atoms with Crippen LogP contribution in [0.3, 0.4) is 0 Å². The second-order valence-electron chi connectivity index (χ2n) is 13.3. The molecule has 2 amide bonds. The Balaban J connectivity index is 1.52. The Labute approximate surface area is 260 Å². The molecule has 0 heterocycles. The SMILES string of the molecule is CN(C)c1cc(NC(=O)CN(O)C2CCCCC2)c(O)c2c1C[C@H]1C[C@H]3[C@H](N(C)C)C(=O)C(C(N)=O)C(=O)[C@@]3(O)C(=O)C1C2=O. The normalized spacial score (nSPS) is 30.2. The number of hydroxylamine groups is 2. The minimum atomic E-state index is -2.83. The molecule has 4 aliphatic carbocycles. The molecule has 0 bridgehead atoms. The molecule has 2 unspecified atom stereocenters. The summed E-state index contributed by atoms with van der Waals surface area (Å²) in [5.74, 6) is -12.2. The quantitative estimate of drug-likeness (QED) is 0.152. The third-order valence-corrected chi connectivity index (χ3v) is 10.1. The minimum Gasteiger partial charge on any atom is -0.505 e. The highest BCUT2D eigenvalue weighted by Crippen LogP contribution is 2.52. The standard InChI is InChI=1S/C31H41N5O9/c1-34(2)19-12-18(33-20(37)13-36(45)15-8-6-5-7-9-15)25(38)22-16(19)10-14-11-17-24(35(3)4)27(40)23(30(32)43)29(42)31(17,44)28(41)21(14)26(22)39/h12,14-15,17,21,23-24,38,44-45H,5-11,13H2,1-4H3,(H2,32,43)(H,33,37)/t14-,17-,21?,23?,24-,31-/m0/s1. The third kappa shape index (κ3) is 5.23. The number of Topliss-reactive ketones (excluding diaryl/α,β-unsaturated/α-hetero) is 4. The van der Waals surface area contributed by atoms with Gasteiger partial charge in [0.1, 0.15) is 12.3 Å². The summed E-state index contributed by atoms with van der Waals surface area (Å²) in [5.41, 5.74) is 3.11. The van der Waals surface area contributed by atoms with Crippen LogP contribution in [0.5, 0.6) is 5.75 Å². The zero-order valence-corrected chi connectivity index (χ0v) is 25.9. The van der Waals surface area contributed by atoms with Crippen molar-refractivity contribution in [3.05, 3.63) is 17.2 Å². The number of nitrogens with two attached hydrogens (primary N) is 1. The summed E-state index contributed by atoms with van der Waals surface area (Å²) in [7, 11) is 6.47. The van der Waals surface area contributed by atoms with Crippen LogP contribution in [-0.4, -0.2) is 113 Å². The first-order chi connectivity index (χ1) is 21.1. The lowest BCUT2D eigenvalue weighted by Crippen LogP contribution is -2.74. The van der Waals surface area contributed by atoms with Crippen molar-refractivity contribution in [3.8, 4) is 5.75 Å². The Bertz CT molecular complexity index is 1470. The third-order valence-electron chi connectivity index (χ3n) is 10.1. The van der Waals surface area contributed by atoms with Crippen LogP contribution < -0.4 is 16.0 Å². The molecule has 14 heteroatoms. The Kier molecular flexibility index (Phi) is 8.64. The van der Waals surface area contributed by atoms with Crippen molar-refractivity contribution in [1.29, 1.82) is 0 Å². The fourth-order valence-corrected chi connectivity index (χ4v) is 7.99. The van der Waals surface area contributed by atoms with Gasteiger partial charge in [0.05, 0.1) is 23.2 Å². The number of benzene rings is 1. The number of likely N-dealkylation sites (N-methyl/N-ethyl adjacent to an activating group) is 1. The van der Waals surface area contributed by atoms with Gasteiger partial charge in [-0.25, -0.2) is 0 Å². The van der Waals surface area contributed by atoms with Gasteiger partial charge in [-0.3, -0.25) is 33.7 Å². The average molecular weight is 628 g/mol. The first-order valence-corrected chi connectivity index (χ1v) is 15.3. The first-order valence-electron chi connectivity index (χ1n) is 15.3. The second-order valence-corrected chi connectivity index (χ2v) is 13.3. The van der Waals surface area contributed by atoms with Crippen molar-refractivity contribution in [3.63, 3.8) is 0 Å². The van der Waals surface area contributed by atoms with E-state index in [0.717, 1.165) is 37.2 Å². The van der Waals surface area contributed by atoms with Gasteiger partial charge in [0.2, 0.25) is 11.8 Å². The maximum Gasteiger partial charge on any atom is 0.241 e. The zero-order chi connectivity index (χ0) is 33.1. The van der Waals surface area contributed by atoms with E-state index in [0.29, 0.717) is 11.3 Å². The number of aliphatic hydroxyl groups is 1. The van der Waals surface area contributed by atoms with E-state index in [4.69, 9.17) is 5.73 Å². The van der Waals surface area contributed by atoms with Crippen molar-refractivity contribution in [2.24, 2.45) is 29.4 Å². The smallest absolute Gasteiger partial charge is 0.241 e. The summed E-state index contributed by atoms with van der Waals surface area (Å²) in [4.78, 5) is 83.2. The predicted molar refractivity (Wildman–Crippen MR) is 160 cm³/mol. The molecule has 45 heavy (non-hydrogen) atoms. The average Bonchev–Trinajstić information content (AvgIpc) is 2.96. The lowest BCUT2D eigenvalue weighted by molar-refractivity contribution is -0.181. The molecule has 0 aromatic heterocycles. The summed E-state index contributed by atoms with van der Waals surface area (Å²) < 4.78 is 0. The number of carbonyl (C=O) groups is 6. The number of nitrogens with one attached hydrogen (secondary N) is 1.